The molecule has 6 nitrogen and oxygen atoms in total. The highest BCUT2D eigenvalue weighted by Crippen LogP contribution is 2.23. The molecule has 1 amide bonds. The van der Waals surface area contributed by atoms with Crippen molar-refractivity contribution < 1.29 is 4.79 Å². The van der Waals surface area contributed by atoms with Crippen LogP contribution in [0.4, 0.5) is 5.82 Å². The molecule has 0 spiro atoms. The zero-order valence-corrected chi connectivity index (χ0v) is 15.1. The van der Waals surface area contributed by atoms with E-state index in [2.05, 4.69) is 52.3 Å². The van der Waals surface area contributed by atoms with E-state index in [1.807, 2.05) is 0 Å². The molecule has 2 N–H and O–H groups in total. The zero-order chi connectivity index (χ0) is 18.0. The Balaban J connectivity index is 1.77. The van der Waals surface area contributed by atoms with E-state index in [0.29, 0.717) is 18.1 Å². The molecule has 130 valence electrons. The van der Waals surface area contributed by atoms with Crippen LogP contribution in [0, 0.1) is 6.92 Å². The summed E-state index contributed by atoms with van der Waals surface area (Å²) in [6.45, 7) is 4.92. The number of nitrogens with zero attached hydrogens (tertiary/aromatic N) is 3. The smallest absolute Gasteiger partial charge is 0.273 e. The van der Waals surface area contributed by atoms with Gasteiger partial charge in [0.15, 0.2) is 0 Å². The van der Waals surface area contributed by atoms with E-state index >= 15 is 0 Å². The normalized spacial score (nSPS) is 10.9. The largest absolute Gasteiger partial charge is 0.365 e. The van der Waals surface area contributed by atoms with Gasteiger partial charge in [0.2, 0.25) is 0 Å². The summed E-state index contributed by atoms with van der Waals surface area (Å²) in [6, 6.07) is 6.39. The van der Waals surface area contributed by atoms with Crippen molar-refractivity contribution in [1.82, 2.24) is 19.9 Å². The van der Waals surface area contributed by atoms with Crippen molar-refractivity contribution in [3.63, 3.8) is 0 Å². The second-order valence-electron chi connectivity index (χ2n) is 6.30. The number of rotatable bonds is 5. The SMILES string of the molecule is CCc1[nH]c2ccc(CNc3cncc(C(=O)N(C)C)n3)cc2c1C. The number of aryl methyl sites for hydroxylation is 2. The highest BCUT2D eigenvalue weighted by atomic mass is 16.2. The molecule has 0 fully saturated rings. The van der Waals surface area contributed by atoms with Crippen LogP contribution in [0.5, 0.6) is 0 Å². The lowest BCUT2D eigenvalue weighted by Gasteiger charge is -2.11. The molecular formula is C19H23N5O. The third kappa shape index (κ3) is 3.47. The van der Waals surface area contributed by atoms with Crippen molar-refractivity contribution in [3.8, 4) is 0 Å². The topological polar surface area (TPSA) is 73.9 Å². The number of aromatic nitrogens is 3. The van der Waals surface area contributed by atoms with Gasteiger partial charge in [0.25, 0.3) is 5.91 Å². The lowest BCUT2D eigenvalue weighted by atomic mass is 10.1. The van der Waals surface area contributed by atoms with Crippen molar-refractivity contribution in [2.45, 2.75) is 26.8 Å². The number of hydrogen-bond acceptors (Lipinski definition) is 4. The molecule has 0 aliphatic heterocycles. The first-order valence-corrected chi connectivity index (χ1v) is 8.37. The first-order chi connectivity index (χ1) is 12.0. The van der Waals surface area contributed by atoms with Crippen molar-refractivity contribution in [1.29, 1.82) is 0 Å². The lowest BCUT2D eigenvalue weighted by Crippen LogP contribution is -2.23. The minimum absolute atomic E-state index is 0.160. The highest BCUT2D eigenvalue weighted by molar-refractivity contribution is 5.92. The Kier molecular flexibility index (Phi) is 4.70. The molecule has 0 aliphatic carbocycles. The van der Waals surface area contributed by atoms with Gasteiger partial charge in [-0.2, -0.15) is 0 Å². The van der Waals surface area contributed by atoms with Gasteiger partial charge in [-0.25, -0.2) is 4.98 Å². The monoisotopic (exact) mass is 337 g/mol. The van der Waals surface area contributed by atoms with Crippen LogP contribution in [0.15, 0.2) is 30.6 Å². The molecule has 6 heteroatoms. The van der Waals surface area contributed by atoms with Gasteiger partial charge < -0.3 is 15.2 Å². The molecule has 0 aliphatic rings. The minimum atomic E-state index is -0.160. The Hall–Kier alpha value is -2.89. The van der Waals surface area contributed by atoms with Gasteiger partial charge in [-0.05, 0) is 36.6 Å². The Labute approximate surface area is 147 Å². The number of carbonyl (C=O) groups is 1. The van der Waals surface area contributed by atoms with E-state index in [9.17, 15) is 4.79 Å². The number of hydrogen-bond donors (Lipinski definition) is 2. The fraction of sp³-hybridized carbons (Fsp3) is 0.316. The molecule has 0 atom stereocenters. The van der Waals surface area contributed by atoms with Crippen LogP contribution in [-0.2, 0) is 13.0 Å². The van der Waals surface area contributed by atoms with Crippen molar-refractivity contribution in [2.24, 2.45) is 0 Å². The maximum atomic E-state index is 12.0. The van der Waals surface area contributed by atoms with Crippen LogP contribution < -0.4 is 5.32 Å². The minimum Gasteiger partial charge on any atom is -0.365 e. The van der Waals surface area contributed by atoms with Crippen LogP contribution in [0.1, 0.15) is 34.2 Å². The van der Waals surface area contributed by atoms with Gasteiger partial charge in [-0.15, -0.1) is 0 Å². The fourth-order valence-electron chi connectivity index (χ4n) is 2.87. The van der Waals surface area contributed by atoms with Gasteiger partial charge in [0.05, 0.1) is 12.4 Å². The first kappa shape index (κ1) is 17.0. The summed E-state index contributed by atoms with van der Waals surface area (Å²) in [5.41, 5.74) is 5.23. The molecule has 0 radical (unpaired) electrons. The Morgan fingerprint density at radius 3 is 2.80 bits per heavy atom. The number of H-pyrrole nitrogens is 1. The summed E-state index contributed by atoms with van der Waals surface area (Å²) in [7, 11) is 3.40. The summed E-state index contributed by atoms with van der Waals surface area (Å²) in [4.78, 5) is 25.4. The molecule has 2 heterocycles. The van der Waals surface area contributed by atoms with Gasteiger partial charge in [-0.1, -0.05) is 13.0 Å². The standard InChI is InChI=1S/C19H23N5O/c1-5-15-12(2)14-8-13(6-7-16(14)22-15)9-21-18-11-20-10-17(23-18)19(25)24(3)4/h6-8,10-11,22H,5,9H2,1-4H3,(H,21,23). The van der Waals surface area contributed by atoms with Crippen molar-refractivity contribution in [3.05, 3.63) is 53.1 Å². The zero-order valence-electron chi connectivity index (χ0n) is 15.1. The molecule has 2 aromatic heterocycles. The molecular weight excluding hydrogens is 314 g/mol. The van der Waals surface area contributed by atoms with Gasteiger partial charge in [0, 0.05) is 37.2 Å². The summed E-state index contributed by atoms with van der Waals surface area (Å²) < 4.78 is 0. The Bertz CT molecular complexity index is 913. The molecule has 25 heavy (non-hydrogen) atoms. The maximum Gasteiger partial charge on any atom is 0.273 e. The Morgan fingerprint density at radius 2 is 2.08 bits per heavy atom. The van der Waals surface area contributed by atoms with Crippen molar-refractivity contribution in [2.75, 3.05) is 19.4 Å². The van der Waals surface area contributed by atoms with Crippen LogP contribution in [0.2, 0.25) is 0 Å². The summed E-state index contributed by atoms with van der Waals surface area (Å²) in [5, 5.41) is 4.49. The van der Waals surface area contributed by atoms with Gasteiger partial charge in [0.1, 0.15) is 11.5 Å². The number of benzene rings is 1. The molecule has 3 rings (SSSR count). The van der Waals surface area contributed by atoms with E-state index in [1.165, 1.54) is 27.7 Å². The molecule has 0 bridgehead atoms. The maximum absolute atomic E-state index is 12.0. The van der Waals surface area contributed by atoms with Crippen LogP contribution >= 0.6 is 0 Å². The Morgan fingerprint density at radius 1 is 1.28 bits per heavy atom. The molecule has 0 saturated heterocycles. The molecule has 1 aromatic carbocycles. The highest BCUT2D eigenvalue weighted by Gasteiger charge is 2.11. The van der Waals surface area contributed by atoms with E-state index in [1.54, 1.807) is 20.3 Å². The average molecular weight is 337 g/mol. The quantitative estimate of drug-likeness (QED) is 0.750. The van der Waals surface area contributed by atoms with Crippen LogP contribution in [-0.4, -0.2) is 39.9 Å². The second-order valence-corrected chi connectivity index (χ2v) is 6.30. The third-order valence-corrected chi connectivity index (χ3v) is 4.31. The third-order valence-electron chi connectivity index (χ3n) is 4.31. The van der Waals surface area contributed by atoms with E-state index in [4.69, 9.17) is 0 Å². The number of anilines is 1. The number of nitrogens with one attached hydrogen (secondary N) is 2. The summed E-state index contributed by atoms with van der Waals surface area (Å²) in [6.07, 6.45) is 4.10. The number of fused-ring (bicyclic) bond motifs is 1. The number of amides is 1. The predicted molar refractivity (Wildman–Crippen MR) is 99.8 cm³/mol. The first-order valence-electron chi connectivity index (χ1n) is 8.37. The molecule has 0 saturated carbocycles. The van der Waals surface area contributed by atoms with Crippen LogP contribution in [0.25, 0.3) is 10.9 Å². The van der Waals surface area contributed by atoms with E-state index in [-0.39, 0.29) is 5.91 Å². The van der Waals surface area contributed by atoms with Crippen molar-refractivity contribution >= 4 is 22.6 Å². The average Bonchev–Trinajstić information content (AvgIpc) is 2.95. The lowest BCUT2D eigenvalue weighted by molar-refractivity contribution is 0.0821. The van der Waals surface area contributed by atoms with Gasteiger partial charge in [-0.3, -0.25) is 9.78 Å². The molecule has 3 aromatic rings. The number of aromatic amines is 1. The fourth-order valence-corrected chi connectivity index (χ4v) is 2.87. The molecule has 0 unspecified atom stereocenters. The second kappa shape index (κ2) is 6.93. The summed E-state index contributed by atoms with van der Waals surface area (Å²) >= 11 is 0. The van der Waals surface area contributed by atoms with E-state index < -0.39 is 0 Å². The predicted octanol–water partition coefficient (Wildman–Crippen LogP) is 3.14. The number of carbonyl (C=O) groups excluding carboxylic acids is 1. The van der Waals surface area contributed by atoms with Crippen LogP contribution in [0.3, 0.4) is 0 Å². The van der Waals surface area contributed by atoms with E-state index in [0.717, 1.165) is 17.5 Å². The summed E-state index contributed by atoms with van der Waals surface area (Å²) in [5.74, 6) is 0.431. The van der Waals surface area contributed by atoms with Gasteiger partial charge >= 0.3 is 0 Å².